The van der Waals surface area contributed by atoms with Crippen LogP contribution in [0.15, 0.2) is 23.9 Å². The minimum atomic E-state index is -0.418. The summed E-state index contributed by atoms with van der Waals surface area (Å²) < 4.78 is 0. The molecule has 0 saturated carbocycles. The number of rotatable bonds is 1. The average Bonchev–Trinajstić information content (AvgIpc) is 1.90. The second-order valence-corrected chi connectivity index (χ2v) is 2.03. The summed E-state index contributed by atoms with van der Waals surface area (Å²) in [5.74, 6) is 0. The molecule has 2 nitrogen and oxygen atoms in total. The van der Waals surface area contributed by atoms with Crippen LogP contribution in [0.2, 0.25) is 0 Å². The molecule has 1 heterocycles. The molecule has 0 amide bonds. The maximum atomic E-state index is 10.4. The molecule has 1 rings (SSSR count). The Kier molecular flexibility index (Phi) is 1.90. The summed E-state index contributed by atoms with van der Waals surface area (Å²) in [5.41, 5.74) is 0.517. The first-order valence-electron chi connectivity index (χ1n) is 2.60. The van der Waals surface area contributed by atoms with Crippen molar-refractivity contribution < 1.29 is 4.79 Å². The predicted molar refractivity (Wildman–Crippen MR) is 36.1 cm³/mol. The zero-order valence-corrected chi connectivity index (χ0v) is 5.48. The summed E-state index contributed by atoms with van der Waals surface area (Å²) in [6.07, 6.45) is 5.15. The van der Waals surface area contributed by atoms with Gasteiger partial charge in [-0.3, -0.25) is 4.79 Å². The van der Waals surface area contributed by atoms with Gasteiger partial charge in [0, 0.05) is 18.3 Å². The fourth-order valence-electron chi connectivity index (χ4n) is 0.593. The Morgan fingerprint density at radius 2 is 2.56 bits per heavy atom. The van der Waals surface area contributed by atoms with Crippen molar-refractivity contribution in [1.82, 2.24) is 5.32 Å². The van der Waals surface area contributed by atoms with Crippen LogP contribution in [0.5, 0.6) is 0 Å². The van der Waals surface area contributed by atoms with E-state index in [1.54, 1.807) is 12.3 Å². The Hall–Kier alpha value is -0.760. The van der Waals surface area contributed by atoms with Gasteiger partial charge >= 0.3 is 0 Å². The molecule has 0 radical (unpaired) electrons. The molecule has 0 fully saturated rings. The molecule has 3 heteroatoms. The van der Waals surface area contributed by atoms with Crippen molar-refractivity contribution in [1.29, 1.82) is 0 Å². The molecule has 0 atom stereocenters. The molecular formula is C6H6ClNO. The van der Waals surface area contributed by atoms with E-state index in [2.05, 4.69) is 5.32 Å². The van der Waals surface area contributed by atoms with Gasteiger partial charge in [-0.05, 0) is 11.6 Å². The van der Waals surface area contributed by atoms with Gasteiger partial charge in [-0.2, -0.15) is 0 Å². The Morgan fingerprint density at radius 3 is 2.89 bits per heavy atom. The molecule has 0 aromatic heterocycles. The third-order valence-electron chi connectivity index (χ3n) is 1.02. The third kappa shape index (κ3) is 1.57. The molecule has 48 valence electrons. The largest absolute Gasteiger partial charge is 0.387 e. The van der Waals surface area contributed by atoms with E-state index in [-0.39, 0.29) is 0 Å². The zero-order chi connectivity index (χ0) is 6.69. The molecule has 1 aliphatic rings. The minimum absolute atomic E-state index is 0.418. The molecule has 1 aliphatic heterocycles. The molecule has 0 unspecified atom stereocenters. The Morgan fingerprint density at radius 1 is 1.78 bits per heavy atom. The lowest BCUT2D eigenvalue weighted by molar-refractivity contribution is -0.108. The number of dihydropyridines is 1. The van der Waals surface area contributed by atoms with Gasteiger partial charge in [0.1, 0.15) is 0 Å². The summed E-state index contributed by atoms with van der Waals surface area (Å²) in [7, 11) is 0. The highest BCUT2D eigenvalue weighted by Gasteiger charge is 2.02. The second kappa shape index (κ2) is 2.69. The Bertz CT molecular complexity index is 183. The van der Waals surface area contributed by atoms with Crippen LogP contribution in [0, 0.1) is 0 Å². The van der Waals surface area contributed by atoms with Gasteiger partial charge in [-0.25, -0.2) is 0 Å². The lowest BCUT2D eigenvalue weighted by Crippen LogP contribution is -2.11. The monoisotopic (exact) mass is 143 g/mol. The fourth-order valence-corrected chi connectivity index (χ4v) is 0.711. The number of carbonyl (C=O) groups is 1. The number of carbonyl (C=O) groups excluding carboxylic acids is 1. The molecule has 0 aromatic rings. The summed E-state index contributed by atoms with van der Waals surface area (Å²) >= 11 is 5.16. The number of halogens is 1. The quantitative estimate of drug-likeness (QED) is 0.550. The van der Waals surface area contributed by atoms with Gasteiger partial charge in [0.25, 0.3) is 5.24 Å². The van der Waals surface area contributed by atoms with Crippen molar-refractivity contribution in [2.45, 2.75) is 0 Å². The highest BCUT2D eigenvalue weighted by molar-refractivity contribution is 6.68. The van der Waals surface area contributed by atoms with Gasteiger partial charge in [0.15, 0.2) is 0 Å². The summed E-state index contributed by atoms with van der Waals surface area (Å²) in [6.45, 7) is 0.771. The van der Waals surface area contributed by atoms with Crippen molar-refractivity contribution in [3.8, 4) is 0 Å². The molecule has 0 aromatic carbocycles. The first kappa shape index (κ1) is 6.36. The molecule has 0 spiro atoms. The molecule has 1 N–H and O–H groups in total. The van der Waals surface area contributed by atoms with Crippen molar-refractivity contribution in [2.24, 2.45) is 0 Å². The van der Waals surface area contributed by atoms with E-state index in [1.807, 2.05) is 6.08 Å². The van der Waals surface area contributed by atoms with Crippen LogP contribution in [0.25, 0.3) is 0 Å². The summed E-state index contributed by atoms with van der Waals surface area (Å²) in [6, 6.07) is 0. The first-order chi connectivity index (χ1) is 4.30. The lowest BCUT2D eigenvalue weighted by atomic mass is 10.2. The first-order valence-corrected chi connectivity index (χ1v) is 2.98. The van der Waals surface area contributed by atoms with Crippen LogP contribution in [0.1, 0.15) is 0 Å². The maximum absolute atomic E-state index is 10.4. The van der Waals surface area contributed by atoms with Crippen molar-refractivity contribution in [2.75, 3.05) is 6.54 Å². The molecule has 0 aliphatic carbocycles. The molecule has 9 heavy (non-hydrogen) atoms. The van der Waals surface area contributed by atoms with Gasteiger partial charge < -0.3 is 5.32 Å². The van der Waals surface area contributed by atoms with E-state index in [1.165, 1.54) is 0 Å². The van der Waals surface area contributed by atoms with Gasteiger partial charge in [0.05, 0.1) is 0 Å². The minimum Gasteiger partial charge on any atom is -0.387 e. The maximum Gasteiger partial charge on any atom is 0.253 e. The average molecular weight is 144 g/mol. The Labute approximate surface area is 58.2 Å². The standard InChI is InChI=1S/C6H6ClNO/c7-6(9)5-2-1-3-8-4-5/h1-2,4,8H,3H2. The zero-order valence-electron chi connectivity index (χ0n) is 4.73. The van der Waals surface area contributed by atoms with Crippen molar-refractivity contribution in [3.05, 3.63) is 23.9 Å². The Balaban J connectivity index is 2.69. The molecule has 0 bridgehead atoms. The summed E-state index contributed by atoms with van der Waals surface area (Å²) in [4.78, 5) is 10.4. The smallest absolute Gasteiger partial charge is 0.253 e. The number of nitrogens with one attached hydrogen (secondary N) is 1. The SMILES string of the molecule is O=C(Cl)C1=CNCC=C1. The van der Waals surface area contributed by atoms with Crippen molar-refractivity contribution in [3.63, 3.8) is 0 Å². The van der Waals surface area contributed by atoms with Gasteiger partial charge in [-0.15, -0.1) is 0 Å². The second-order valence-electron chi connectivity index (χ2n) is 1.68. The van der Waals surface area contributed by atoms with Crippen LogP contribution < -0.4 is 5.32 Å². The summed E-state index contributed by atoms with van der Waals surface area (Å²) in [5, 5.41) is 2.44. The van der Waals surface area contributed by atoms with E-state index in [0.29, 0.717) is 5.57 Å². The number of hydrogen-bond acceptors (Lipinski definition) is 2. The normalized spacial score (nSPS) is 16.3. The molecule has 0 saturated heterocycles. The van der Waals surface area contributed by atoms with Gasteiger partial charge in [0.2, 0.25) is 0 Å². The highest BCUT2D eigenvalue weighted by atomic mass is 35.5. The fraction of sp³-hybridized carbons (Fsp3) is 0.167. The van der Waals surface area contributed by atoms with Crippen LogP contribution in [0.3, 0.4) is 0 Å². The van der Waals surface area contributed by atoms with E-state index in [9.17, 15) is 4.79 Å². The van der Waals surface area contributed by atoms with Crippen LogP contribution >= 0.6 is 11.6 Å². The lowest BCUT2D eigenvalue weighted by Gasteiger charge is -2.02. The van der Waals surface area contributed by atoms with Crippen LogP contribution in [-0.2, 0) is 4.79 Å². The predicted octanol–water partition coefficient (Wildman–Crippen LogP) is 0.795. The van der Waals surface area contributed by atoms with Crippen molar-refractivity contribution >= 4 is 16.8 Å². The van der Waals surface area contributed by atoms with E-state index >= 15 is 0 Å². The third-order valence-corrected chi connectivity index (χ3v) is 1.24. The number of hydrogen-bond donors (Lipinski definition) is 1. The van der Waals surface area contributed by atoms with Crippen LogP contribution in [0.4, 0.5) is 0 Å². The van der Waals surface area contributed by atoms with Crippen LogP contribution in [-0.4, -0.2) is 11.8 Å². The van der Waals surface area contributed by atoms with E-state index in [0.717, 1.165) is 6.54 Å². The van der Waals surface area contributed by atoms with E-state index < -0.39 is 5.24 Å². The topological polar surface area (TPSA) is 29.1 Å². The number of allylic oxidation sites excluding steroid dienone is 2. The highest BCUT2D eigenvalue weighted by Crippen LogP contribution is 2.03. The molecular weight excluding hydrogens is 138 g/mol. The van der Waals surface area contributed by atoms with Gasteiger partial charge in [-0.1, -0.05) is 12.2 Å². The van der Waals surface area contributed by atoms with E-state index in [4.69, 9.17) is 11.6 Å².